The molecular formula is C17H18O4S. The number of hydrogen-bond donors (Lipinski definition) is 0. The lowest BCUT2D eigenvalue weighted by Crippen LogP contribution is -2.24. The van der Waals surface area contributed by atoms with Crippen molar-refractivity contribution >= 4 is 34.5 Å². The average Bonchev–Trinajstić information content (AvgIpc) is 2.44. The fourth-order valence-electron chi connectivity index (χ4n) is 2.28. The van der Waals surface area contributed by atoms with Crippen molar-refractivity contribution in [3.8, 4) is 0 Å². The molecule has 0 spiro atoms. The van der Waals surface area contributed by atoms with Gasteiger partial charge in [0.05, 0.1) is 0 Å². The zero-order chi connectivity index (χ0) is 16.1. The average molecular weight is 318 g/mol. The van der Waals surface area contributed by atoms with Gasteiger partial charge in [-0.1, -0.05) is 30.3 Å². The number of hydrogen-bond acceptors (Lipinski definition) is 5. The lowest BCUT2D eigenvalue weighted by molar-refractivity contribution is -0.184. The largest absolute Gasteiger partial charge is 0.425 e. The van der Waals surface area contributed by atoms with Crippen LogP contribution >= 0.6 is 11.8 Å². The van der Waals surface area contributed by atoms with Gasteiger partial charge in [-0.3, -0.25) is 9.59 Å². The van der Waals surface area contributed by atoms with E-state index in [1.54, 1.807) is 11.8 Å². The molecule has 2 aromatic carbocycles. The van der Waals surface area contributed by atoms with Gasteiger partial charge >= 0.3 is 11.9 Å². The fraction of sp³-hybridized carbons (Fsp3) is 0.294. The summed E-state index contributed by atoms with van der Waals surface area (Å²) in [5, 5.41) is 2.28. The van der Waals surface area contributed by atoms with Gasteiger partial charge < -0.3 is 9.47 Å². The Morgan fingerprint density at radius 3 is 2.36 bits per heavy atom. The summed E-state index contributed by atoms with van der Waals surface area (Å²) in [5.74, 6) is -0.951. The summed E-state index contributed by atoms with van der Waals surface area (Å²) in [7, 11) is 0. The summed E-state index contributed by atoms with van der Waals surface area (Å²) >= 11 is 1.70. The zero-order valence-electron chi connectivity index (χ0n) is 12.8. The highest BCUT2D eigenvalue weighted by Gasteiger charge is 2.16. The van der Waals surface area contributed by atoms with Gasteiger partial charge in [-0.15, -0.1) is 11.8 Å². The molecule has 0 atom stereocenters. The Hall–Kier alpha value is -2.01. The van der Waals surface area contributed by atoms with Gasteiger partial charge in [0.1, 0.15) is 0 Å². The Bertz CT molecular complexity index is 680. The van der Waals surface area contributed by atoms with E-state index in [-0.39, 0.29) is 0 Å². The number of benzene rings is 2. The number of rotatable bonds is 5. The van der Waals surface area contributed by atoms with Crippen LogP contribution in [0.4, 0.5) is 0 Å². The summed E-state index contributed by atoms with van der Waals surface area (Å²) in [4.78, 5) is 23.4. The lowest BCUT2D eigenvalue weighted by atomic mass is 10.0. The van der Waals surface area contributed by atoms with Gasteiger partial charge in [-0.05, 0) is 28.7 Å². The first kappa shape index (κ1) is 16.4. The fourth-order valence-corrected chi connectivity index (χ4v) is 2.90. The molecule has 0 amide bonds. The molecule has 2 aromatic rings. The number of carbonyl (C=O) groups excluding carboxylic acids is 2. The molecule has 0 heterocycles. The third-order valence-electron chi connectivity index (χ3n) is 3.12. The topological polar surface area (TPSA) is 52.6 Å². The van der Waals surface area contributed by atoms with E-state index >= 15 is 0 Å². The Morgan fingerprint density at radius 2 is 1.77 bits per heavy atom. The van der Waals surface area contributed by atoms with Crippen LogP contribution in [0.1, 0.15) is 19.4 Å². The Balaban J connectivity index is 2.25. The maximum atomic E-state index is 11.1. The minimum Gasteiger partial charge on any atom is -0.425 e. The Kier molecular flexibility index (Phi) is 5.44. The van der Waals surface area contributed by atoms with Gasteiger partial charge in [-0.2, -0.15) is 0 Å². The van der Waals surface area contributed by atoms with Crippen molar-refractivity contribution in [2.75, 3.05) is 6.26 Å². The van der Waals surface area contributed by atoms with Crippen molar-refractivity contribution in [3.05, 3.63) is 42.0 Å². The second kappa shape index (κ2) is 7.31. The summed E-state index contributed by atoms with van der Waals surface area (Å²) < 4.78 is 10.1. The van der Waals surface area contributed by atoms with Crippen molar-refractivity contribution in [2.24, 2.45) is 0 Å². The highest BCUT2D eigenvalue weighted by Crippen LogP contribution is 2.27. The minimum absolute atomic E-state index is 0.332. The first-order chi connectivity index (χ1) is 10.5. The van der Waals surface area contributed by atoms with E-state index in [9.17, 15) is 9.59 Å². The van der Waals surface area contributed by atoms with Crippen LogP contribution < -0.4 is 0 Å². The quantitative estimate of drug-likeness (QED) is 0.479. The number of fused-ring (bicyclic) bond motifs is 1. The van der Waals surface area contributed by atoms with Gasteiger partial charge in [0.15, 0.2) is 0 Å². The lowest BCUT2D eigenvalue weighted by Gasteiger charge is -2.17. The molecule has 0 bridgehead atoms. The molecule has 0 aliphatic rings. The minimum atomic E-state index is -0.892. The molecule has 0 aromatic heterocycles. The SMILES string of the molecule is CSc1cccc2cc(CC(OC(C)=O)OC(C)=O)ccc12. The molecule has 2 rings (SSSR count). The van der Waals surface area contributed by atoms with Crippen LogP contribution in [0, 0.1) is 0 Å². The van der Waals surface area contributed by atoms with Crippen LogP contribution in [0.3, 0.4) is 0 Å². The first-order valence-electron chi connectivity index (χ1n) is 6.89. The van der Waals surface area contributed by atoms with E-state index in [1.165, 1.54) is 24.1 Å². The van der Waals surface area contributed by atoms with Crippen molar-refractivity contribution in [1.29, 1.82) is 0 Å². The number of carbonyl (C=O) groups is 2. The second-order valence-corrected chi connectivity index (χ2v) is 5.72. The molecule has 4 nitrogen and oxygen atoms in total. The molecule has 0 saturated heterocycles. The van der Waals surface area contributed by atoms with Crippen LogP contribution in [0.15, 0.2) is 41.3 Å². The standard InChI is InChI=1S/C17H18O4S/c1-11(18)20-17(21-12(2)19)10-13-7-8-15-14(9-13)5-4-6-16(15)22-3/h4-9,17H,10H2,1-3H3. The molecule has 0 radical (unpaired) electrons. The Labute approximate surface area is 133 Å². The molecule has 0 aliphatic carbocycles. The van der Waals surface area contributed by atoms with E-state index in [4.69, 9.17) is 9.47 Å². The number of ether oxygens (including phenoxy) is 2. The monoisotopic (exact) mass is 318 g/mol. The highest BCUT2D eigenvalue weighted by atomic mass is 32.2. The van der Waals surface area contributed by atoms with Gasteiger partial charge in [0.2, 0.25) is 0 Å². The second-order valence-electron chi connectivity index (χ2n) is 4.87. The normalized spacial score (nSPS) is 10.7. The summed E-state index contributed by atoms with van der Waals surface area (Å²) in [6.07, 6.45) is 1.48. The summed E-state index contributed by atoms with van der Waals surface area (Å²) in [5.41, 5.74) is 0.943. The van der Waals surface area contributed by atoms with E-state index < -0.39 is 18.2 Å². The molecule has 5 heteroatoms. The van der Waals surface area contributed by atoms with Crippen LogP contribution in [-0.4, -0.2) is 24.5 Å². The van der Waals surface area contributed by atoms with Crippen LogP contribution in [-0.2, 0) is 25.5 Å². The molecule has 0 N–H and O–H groups in total. The van der Waals surface area contributed by atoms with E-state index in [0.29, 0.717) is 6.42 Å². The first-order valence-corrected chi connectivity index (χ1v) is 8.12. The third-order valence-corrected chi connectivity index (χ3v) is 3.92. The molecular weight excluding hydrogens is 300 g/mol. The van der Waals surface area contributed by atoms with Crippen LogP contribution in [0.5, 0.6) is 0 Å². The molecule has 0 saturated carbocycles. The van der Waals surface area contributed by atoms with Crippen molar-refractivity contribution in [3.63, 3.8) is 0 Å². The van der Waals surface area contributed by atoms with E-state index in [0.717, 1.165) is 10.9 Å². The molecule has 0 aliphatic heterocycles. The summed E-state index contributed by atoms with van der Waals surface area (Å²) in [6, 6.07) is 12.1. The number of thioether (sulfide) groups is 1. The van der Waals surface area contributed by atoms with E-state index in [1.807, 2.05) is 36.6 Å². The van der Waals surface area contributed by atoms with Crippen molar-refractivity contribution in [1.82, 2.24) is 0 Å². The van der Waals surface area contributed by atoms with E-state index in [2.05, 4.69) is 6.07 Å². The number of esters is 2. The predicted octanol–water partition coefficient (Wildman–Crippen LogP) is 3.56. The Morgan fingerprint density at radius 1 is 1.09 bits per heavy atom. The van der Waals surface area contributed by atoms with Crippen LogP contribution in [0.25, 0.3) is 10.8 Å². The molecule has 0 unspecified atom stereocenters. The predicted molar refractivity (Wildman–Crippen MR) is 86.8 cm³/mol. The molecule has 22 heavy (non-hydrogen) atoms. The maximum absolute atomic E-state index is 11.1. The van der Waals surface area contributed by atoms with Crippen LogP contribution in [0.2, 0.25) is 0 Å². The third kappa shape index (κ3) is 4.24. The maximum Gasteiger partial charge on any atom is 0.305 e. The molecule has 116 valence electrons. The smallest absolute Gasteiger partial charge is 0.305 e. The summed E-state index contributed by atoms with van der Waals surface area (Å²) in [6.45, 7) is 2.59. The zero-order valence-corrected chi connectivity index (χ0v) is 13.6. The van der Waals surface area contributed by atoms with Crippen molar-refractivity contribution < 1.29 is 19.1 Å². The van der Waals surface area contributed by atoms with Crippen molar-refractivity contribution in [2.45, 2.75) is 31.5 Å². The molecule has 0 fully saturated rings. The van der Waals surface area contributed by atoms with Gasteiger partial charge in [0, 0.05) is 25.2 Å². The highest BCUT2D eigenvalue weighted by molar-refractivity contribution is 7.98. The van der Waals surface area contributed by atoms with Gasteiger partial charge in [0.25, 0.3) is 6.29 Å². The van der Waals surface area contributed by atoms with Gasteiger partial charge in [-0.25, -0.2) is 0 Å².